The molecule has 0 unspecified atom stereocenters. The molecule has 2 aromatic rings. The molecule has 114 valence electrons. The summed E-state index contributed by atoms with van der Waals surface area (Å²) in [6.45, 7) is 0.541. The minimum Gasteiger partial charge on any atom is -0.396 e. The SMILES string of the molecule is O=S(=O)(NCCc1cccs1)c1ccc(CCCO)cc1. The first-order chi connectivity index (χ1) is 10.1. The zero-order chi connectivity index (χ0) is 15.1. The molecule has 0 aliphatic carbocycles. The second-order valence-corrected chi connectivity index (χ2v) is 7.50. The first-order valence-electron chi connectivity index (χ1n) is 6.84. The third kappa shape index (κ3) is 4.93. The summed E-state index contributed by atoms with van der Waals surface area (Å²) in [4.78, 5) is 1.44. The Kier molecular flexibility index (Phi) is 5.93. The van der Waals surface area contributed by atoms with Gasteiger partial charge in [0.05, 0.1) is 4.90 Å². The van der Waals surface area contributed by atoms with E-state index in [9.17, 15) is 8.42 Å². The number of aliphatic hydroxyl groups is 1. The number of rotatable bonds is 8. The highest BCUT2D eigenvalue weighted by atomic mass is 32.2. The maximum atomic E-state index is 12.1. The Bertz CT molecular complexity index is 634. The second-order valence-electron chi connectivity index (χ2n) is 4.70. The zero-order valence-electron chi connectivity index (χ0n) is 11.7. The van der Waals surface area contributed by atoms with E-state index in [0.717, 1.165) is 16.9 Å². The van der Waals surface area contributed by atoms with Crippen LogP contribution >= 0.6 is 11.3 Å². The quantitative estimate of drug-likeness (QED) is 0.782. The molecule has 1 aromatic carbocycles. The molecule has 0 atom stereocenters. The van der Waals surface area contributed by atoms with Gasteiger partial charge in [-0.2, -0.15) is 0 Å². The van der Waals surface area contributed by atoms with E-state index >= 15 is 0 Å². The first kappa shape index (κ1) is 16.2. The molecule has 0 radical (unpaired) electrons. The number of nitrogens with one attached hydrogen (secondary N) is 1. The Morgan fingerprint density at radius 2 is 1.86 bits per heavy atom. The van der Waals surface area contributed by atoms with Gasteiger partial charge in [-0.3, -0.25) is 0 Å². The number of aryl methyl sites for hydroxylation is 1. The molecule has 0 aliphatic rings. The standard InChI is InChI=1S/C15H19NO3S2/c17-11-1-3-13-5-7-15(8-6-13)21(18,19)16-10-9-14-4-2-12-20-14/h2,4-8,12,16-17H,1,3,9-11H2. The van der Waals surface area contributed by atoms with Crippen LogP contribution in [-0.4, -0.2) is 26.7 Å². The molecule has 0 bridgehead atoms. The van der Waals surface area contributed by atoms with E-state index in [1.807, 2.05) is 17.5 Å². The predicted octanol–water partition coefficient (Wildman–Crippen LogP) is 2.19. The topological polar surface area (TPSA) is 66.4 Å². The second kappa shape index (κ2) is 7.70. The van der Waals surface area contributed by atoms with Crippen LogP contribution in [0.15, 0.2) is 46.7 Å². The van der Waals surface area contributed by atoms with Gasteiger partial charge in [-0.1, -0.05) is 18.2 Å². The van der Waals surface area contributed by atoms with Crippen LogP contribution in [-0.2, 0) is 22.9 Å². The monoisotopic (exact) mass is 325 g/mol. The smallest absolute Gasteiger partial charge is 0.240 e. The van der Waals surface area contributed by atoms with Gasteiger partial charge in [-0.25, -0.2) is 13.1 Å². The summed E-state index contributed by atoms with van der Waals surface area (Å²) in [5, 5.41) is 10.8. The molecule has 21 heavy (non-hydrogen) atoms. The van der Waals surface area contributed by atoms with E-state index in [4.69, 9.17) is 5.11 Å². The molecular weight excluding hydrogens is 306 g/mol. The van der Waals surface area contributed by atoms with E-state index < -0.39 is 10.0 Å². The van der Waals surface area contributed by atoms with Crippen molar-refractivity contribution in [2.24, 2.45) is 0 Å². The molecule has 0 saturated carbocycles. The van der Waals surface area contributed by atoms with E-state index in [1.54, 1.807) is 35.6 Å². The molecule has 0 saturated heterocycles. The van der Waals surface area contributed by atoms with Crippen molar-refractivity contribution >= 4 is 21.4 Å². The maximum Gasteiger partial charge on any atom is 0.240 e. The molecule has 0 amide bonds. The lowest BCUT2D eigenvalue weighted by Crippen LogP contribution is -2.25. The summed E-state index contributed by atoms with van der Waals surface area (Å²) >= 11 is 1.62. The lowest BCUT2D eigenvalue weighted by atomic mass is 10.1. The van der Waals surface area contributed by atoms with Gasteiger partial charge in [0.15, 0.2) is 0 Å². The van der Waals surface area contributed by atoms with Crippen molar-refractivity contribution in [3.8, 4) is 0 Å². The molecule has 4 nitrogen and oxygen atoms in total. The molecule has 2 rings (SSSR count). The number of benzene rings is 1. The Labute approximate surface area is 129 Å². The van der Waals surface area contributed by atoms with Gasteiger partial charge >= 0.3 is 0 Å². The molecular formula is C15H19NO3S2. The minimum atomic E-state index is -3.45. The van der Waals surface area contributed by atoms with Crippen LogP contribution < -0.4 is 4.72 Å². The van der Waals surface area contributed by atoms with Crippen molar-refractivity contribution < 1.29 is 13.5 Å². The zero-order valence-corrected chi connectivity index (χ0v) is 13.3. The van der Waals surface area contributed by atoms with Crippen molar-refractivity contribution in [1.29, 1.82) is 0 Å². The molecule has 2 N–H and O–H groups in total. The Morgan fingerprint density at radius 3 is 2.48 bits per heavy atom. The van der Waals surface area contributed by atoms with Gasteiger partial charge in [-0.05, 0) is 48.4 Å². The van der Waals surface area contributed by atoms with E-state index in [0.29, 0.717) is 19.4 Å². The highest BCUT2D eigenvalue weighted by molar-refractivity contribution is 7.89. The fraction of sp³-hybridized carbons (Fsp3) is 0.333. The van der Waals surface area contributed by atoms with Crippen molar-refractivity contribution in [1.82, 2.24) is 4.72 Å². The van der Waals surface area contributed by atoms with Gasteiger partial charge in [0, 0.05) is 18.0 Å². The van der Waals surface area contributed by atoms with Crippen molar-refractivity contribution in [3.63, 3.8) is 0 Å². The van der Waals surface area contributed by atoms with E-state index in [2.05, 4.69) is 4.72 Å². The van der Waals surface area contributed by atoms with Crippen molar-refractivity contribution in [3.05, 3.63) is 52.2 Å². The number of thiophene rings is 1. The Morgan fingerprint density at radius 1 is 1.10 bits per heavy atom. The van der Waals surface area contributed by atoms with Crippen LogP contribution in [0.1, 0.15) is 16.9 Å². The average Bonchev–Trinajstić information content (AvgIpc) is 2.98. The largest absolute Gasteiger partial charge is 0.396 e. The van der Waals surface area contributed by atoms with Gasteiger partial charge < -0.3 is 5.11 Å². The van der Waals surface area contributed by atoms with Crippen molar-refractivity contribution in [2.45, 2.75) is 24.2 Å². The van der Waals surface area contributed by atoms with Gasteiger partial charge in [0.2, 0.25) is 10.0 Å². The van der Waals surface area contributed by atoms with Crippen LogP contribution in [0.4, 0.5) is 0 Å². The fourth-order valence-corrected chi connectivity index (χ4v) is 3.71. The molecule has 1 heterocycles. The highest BCUT2D eigenvalue weighted by Gasteiger charge is 2.13. The predicted molar refractivity (Wildman–Crippen MR) is 85.1 cm³/mol. The summed E-state index contributed by atoms with van der Waals surface area (Å²) in [5.41, 5.74) is 1.03. The number of aliphatic hydroxyl groups excluding tert-OH is 1. The molecule has 0 spiro atoms. The lowest BCUT2D eigenvalue weighted by molar-refractivity contribution is 0.288. The summed E-state index contributed by atoms with van der Waals surface area (Å²) < 4.78 is 26.9. The van der Waals surface area contributed by atoms with Crippen LogP contribution in [0.3, 0.4) is 0 Å². The Balaban J connectivity index is 1.92. The summed E-state index contributed by atoms with van der Waals surface area (Å²) in [7, 11) is -3.45. The summed E-state index contributed by atoms with van der Waals surface area (Å²) in [6, 6.07) is 10.8. The number of hydrogen-bond acceptors (Lipinski definition) is 4. The average molecular weight is 325 g/mol. The summed E-state index contributed by atoms with van der Waals surface area (Å²) in [5.74, 6) is 0. The highest BCUT2D eigenvalue weighted by Crippen LogP contribution is 2.13. The molecule has 0 fully saturated rings. The van der Waals surface area contributed by atoms with Gasteiger partial charge in [0.25, 0.3) is 0 Å². The first-order valence-corrected chi connectivity index (χ1v) is 9.20. The van der Waals surface area contributed by atoms with Crippen LogP contribution in [0, 0.1) is 0 Å². The number of sulfonamides is 1. The molecule has 0 aliphatic heterocycles. The minimum absolute atomic E-state index is 0.143. The normalized spacial score (nSPS) is 11.7. The van der Waals surface area contributed by atoms with Crippen LogP contribution in [0.2, 0.25) is 0 Å². The van der Waals surface area contributed by atoms with E-state index in [1.165, 1.54) is 0 Å². The van der Waals surface area contributed by atoms with Gasteiger partial charge in [0.1, 0.15) is 0 Å². The third-order valence-electron chi connectivity index (χ3n) is 3.10. The Hall–Kier alpha value is -1.21. The van der Waals surface area contributed by atoms with Gasteiger partial charge in [-0.15, -0.1) is 11.3 Å². The van der Waals surface area contributed by atoms with Crippen molar-refractivity contribution in [2.75, 3.05) is 13.2 Å². The summed E-state index contributed by atoms with van der Waals surface area (Å²) in [6.07, 6.45) is 2.14. The lowest BCUT2D eigenvalue weighted by Gasteiger charge is -2.07. The number of hydrogen-bond donors (Lipinski definition) is 2. The van der Waals surface area contributed by atoms with Crippen LogP contribution in [0.5, 0.6) is 0 Å². The molecule has 1 aromatic heterocycles. The maximum absolute atomic E-state index is 12.1. The van der Waals surface area contributed by atoms with Crippen LogP contribution in [0.25, 0.3) is 0 Å². The fourth-order valence-electron chi connectivity index (χ4n) is 1.97. The molecule has 6 heteroatoms. The van der Waals surface area contributed by atoms with E-state index in [-0.39, 0.29) is 11.5 Å². The third-order valence-corrected chi connectivity index (χ3v) is 5.51.